The van der Waals surface area contributed by atoms with Gasteiger partial charge in [-0.3, -0.25) is 19.3 Å². The van der Waals surface area contributed by atoms with E-state index in [-0.39, 0.29) is 37.4 Å². The number of carbonyl (C=O) groups is 3. The van der Waals surface area contributed by atoms with Gasteiger partial charge in [-0.1, -0.05) is 18.2 Å². The molecule has 1 aromatic carbocycles. The number of imide groups is 1. The number of carbonyl (C=O) groups excluding carboxylic acids is 3. The third kappa shape index (κ3) is 2.78. The molecular weight excluding hydrogens is 302 g/mol. The van der Waals surface area contributed by atoms with Gasteiger partial charge in [0, 0.05) is 4.88 Å². The quantitative estimate of drug-likeness (QED) is 0.626. The van der Waals surface area contributed by atoms with E-state index >= 15 is 0 Å². The van der Waals surface area contributed by atoms with Crippen LogP contribution in [0.25, 0.3) is 0 Å². The number of amides is 2. The van der Waals surface area contributed by atoms with Crippen LogP contribution in [0.5, 0.6) is 0 Å². The Bertz CT molecular complexity index is 689. The lowest BCUT2D eigenvalue weighted by Crippen LogP contribution is -2.33. The van der Waals surface area contributed by atoms with Crippen LogP contribution in [0.2, 0.25) is 0 Å². The summed E-state index contributed by atoms with van der Waals surface area (Å²) in [4.78, 5) is 37.9. The molecule has 0 radical (unpaired) electrons. The highest BCUT2D eigenvalue weighted by Crippen LogP contribution is 2.21. The third-order valence-corrected chi connectivity index (χ3v) is 4.23. The Labute approximate surface area is 131 Å². The lowest BCUT2D eigenvalue weighted by Gasteiger charge is -2.13. The van der Waals surface area contributed by atoms with Crippen molar-refractivity contribution in [2.24, 2.45) is 0 Å². The van der Waals surface area contributed by atoms with E-state index in [1.165, 1.54) is 11.3 Å². The number of fused-ring (bicyclic) bond motifs is 1. The van der Waals surface area contributed by atoms with Crippen LogP contribution in [0.1, 0.15) is 25.6 Å². The molecule has 6 heteroatoms. The fraction of sp³-hybridized carbons (Fsp3) is 0.188. The maximum absolute atomic E-state index is 12.1. The summed E-state index contributed by atoms with van der Waals surface area (Å²) >= 11 is 1.48. The summed E-state index contributed by atoms with van der Waals surface area (Å²) in [5.41, 5.74) is 0.801. The van der Waals surface area contributed by atoms with Crippen LogP contribution >= 0.6 is 11.3 Å². The van der Waals surface area contributed by atoms with Gasteiger partial charge in [-0.15, -0.1) is 11.3 Å². The van der Waals surface area contributed by atoms with E-state index in [4.69, 9.17) is 4.74 Å². The van der Waals surface area contributed by atoms with Gasteiger partial charge in [0.25, 0.3) is 11.8 Å². The van der Waals surface area contributed by atoms with Crippen LogP contribution in [0.4, 0.5) is 0 Å². The maximum atomic E-state index is 12.1. The molecule has 112 valence electrons. The molecule has 0 spiro atoms. The van der Waals surface area contributed by atoms with E-state index in [0.717, 1.165) is 9.78 Å². The normalized spacial score (nSPS) is 13.4. The summed E-state index contributed by atoms with van der Waals surface area (Å²) in [5.74, 6) is -1.04. The second-order valence-corrected chi connectivity index (χ2v) is 5.82. The van der Waals surface area contributed by atoms with Gasteiger partial charge in [0.2, 0.25) is 0 Å². The van der Waals surface area contributed by atoms with Gasteiger partial charge in [0.05, 0.1) is 24.1 Å². The Morgan fingerprint density at radius 3 is 2.32 bits per heavy atom. The first-order valence-corrected chi connectivity index (χ1v) is 7.68. The summed E-state index contributed by atoms with van der Waals surface area (Å²) in [6.45, 7) is 0.0816. The van der Waals surface area contributed by atoms with Crippen molar-refractivity contribution in [2.75, 3.05) is 13.2 Å². The van der Waals surface area contributed by atoms with Crippen LogP contribution in [-0.4, -0.2) is 35.8 Å². The molecule has 0 atom stereocenters. The van der Waals surface area contributed by atoms with Crippen molar-refractivity contribution >= 4 is 29.1 Å². The number of hydrogen-bond acceptors (Lipinski definition) is 5. The summed E-state index contributed by atoms with van der Waals surface area (Å²) < 4.78 is 5.09. The Kier molecular flexibility index (Phi) is 4.02. The Morgan fingerprint density at radius 1 is 1.05 bits per heavy atom. The standard InChI is InChI=1S/C16H13NO4S/c18-14(10-11-4-3-9-22-11)21-8-7-17-15(19)12-5-1-2-6-13(12)16(17)20/h1-6,9H,7-8,10H2. The van der Waals surface area contributed by atoms with Crippen molar-refractivity contribution in [1.29, 1.82) is 0 Å². The van der Waals surface area contributed by atoms with Gasteiger partial charge in [0.1, 0.15) is 6.61 Å². The van der Waals surface area contributed by atoms with E-state index in [1.807, 2.05) is 17.5 Å². The average molecular weight is 315 g/mol. The first-order valence-electron chi connectivity index (χ1n) is 6.80. The lowest BCUT2D eigenvalue weighted by atomic mass is 10.1. The molecule has 22 heavy (non-hydrogen) atoms. The Balaban J connectivity index is 1.54. The van der Waals surface area contributed by atoms with Gasteiger partial charge in [-0.05, 0) is 23.6 Å². The second-order valence-electron chi connectivity index (χ2n) is 4.78. The molecular formula is C16H13NO4S. The van der Waals surface area contributed by atoms with Crippen LogP contribution in [0, 0.1) is 0 Å². The molecule has 2 aromatic rings. The van der Waals surface area contributed by atoms with Gasteiger partial charge >= 0.3 is 5.97 Å². The maximum Gasteiger partial charge on any atom is 0.311 e. The van der Waals surface area contributed by atoms with Crippen LogP contribution in [0.15, 0.2) is 41.8 Å². The number of nitrogens with zero attached hydrogens (tertiary/aromatic N) is 1. The zero-order valence-corrected chi connectivity index (χ0v) is 12.5. The monoisotopic (exact) mass is 315 g/mol. The number of esters is 1. The molecule has 0 N–H and O–H groups in total. The highest BCUT2D eigenvalue weighted by molar-refractivity contribution is 7.10. The molecule has 1 aliphatic rings. The highest BCUT2D eigenvalue weighted by atomic mass is 32.1. The zero-order valence-electron chi connectivity index (χ0n) is 11.7. The molecule has 1 aromatic heterocycles. The van der Waals surface area contributed by atoms with Crippen molar-refractivity contribution in [3.63, 3.8) is 0 Å². The van der Waals surface area contributed by atoms with Gasteiger partial charge < -0.3 is 4.74 Å². The van der Waals surface area contributed by atoms with E-state index in [9.17, 15) is 14.4 Å². The number of thiophene rings is 1. The molecule has 2 heterocycles. The molecule has 1 aliphatic heterocycles. The van der Waals surface area contributed by atoms with Crippen LogP contribution < -0.4 is 0 Å². The van der Waals surface area contributed by atoms with Gasteiger partial charge in [-0.2, -0.15) is 0 Å². The molecule has 0 unspecified atom stereocenters. The van der Waals surface area contributed by atoms with Gasteiger partial charge in [-0.25, -0.2) is 0 Å². The first-order chi connectivity index (χ1) is 10.7. The fourth-order valence-electron chi connectivity index (χ4n) is 2.30. The summed E-state index contributed by atoms with van der Waals surface area (Å²) in [6, 6.07) is 10.4. The topological polar surface area (TPSA) is 63.7 Å². The summed E-state index contributed by atoms with van der Waals surface area (Å²) in [7, 11) is 0. The first kappa shape index (κ1) is 14.5. The van der Waals surface area contributed by atoms with E-state index in [1.54, 1.807) is 24.3 Å². The van der Waals surface area contributed by atoms with Crippen molar-refractivity contribution in [2.45, 2.75) is 6.42 Å². The van der Waals surface area contributed by atoms with E-state index in [0.29, 0.717) is 11.1 Å². The van der Waals surface area contributed by atoms with E-state index in [2.05, 4.69) is 0 Å². The fourth-order valence-corrected chi connectivity index (χ4v) is 2.99. The number of ether oxygens (including phenoxy) is 1. The second kappa shape index (κ2) is 6.11. The summed E-state index contributed by atoms with van der Waals surface area (Å²) in [6.07, 6.45) is 0.208. The van der Waals surface area contributed by atoms with Gasteiger partial charge in [0.15, 0.2) is 0 Å². The third-order valence-electron chi connectivity index (χ3n) is 3.35. The highest BCUT2D eigenvalue weighted by Gasteiger charge is 2.34. The van der Waals surface area contributed by atoms with Crippen molar-refractivity contribution in [3.8, 4) is 0 Å². The SMILES string of the molecule is O=C(Cc1cccs1)OCCN1C(=O)c2ccccc2C1=O. The lowest BCUT2D eigenvalue weighted by molar-refractivity contribution is -0.142. The molecule has 0 saturated carbocycles. The molecule has 0 saturated heterocycles. The van der Waals surface area contributed by atoms with E-state index < -0.39 is 0 Å². The number of rotatable bonds is 5. The molecule has 0 bridgehead atoms. The zero-order chi connectivity index (χ0) is 15.5. The number of hydrogen-bond donors (Lipinski definition) is 0. The Hall–Kier alpha value is -2.47. The molecule has 5 nitrogen and oxygen atoms in total. The van der Waals surface area contributed by atoms with Crippen molar-refractivity contribution in [1.82, 2.24) is 4.90 Å². The van der Waals surface area contributed by atoms with Crippen molar-refractivity contribution in [3.05, 3.63) is 57.8 Å². The Morgan fingerprint density at radius 2 is 1.73 bits per heavy atom. The molecule has 0 aliphatic carbocycles. The average Bonchev–Trinajstić information content (AvgIpc) is 3.10. The van der Waals surface area contributed by atoms with Crippen LogP contribution in [0.3, 0.4) is 0 Å². The smallest absolute Gasteiger partial charge is 0.311 e. The largest absolute Gasteiger partial charge is 0.464 e. The minimum absolute atomic E-state index is 0.00960. The molecule has 0 fully saturated rings. The molecule has 3 rings (SSSR count). The summed E-state index contributed by atoms with van der Waals surface area (Å²) in [5, 5.41) is 1.89. The van der Waals surface area contributed by atoms with Crippen molar-refractivity contribution < 1.29 is 19.1 Å². The predicted molar refractivity (Wildman–Crippen MR) is 80.8 cm³/mol. The minimum Gasteiger partial charge on any atom is -0.464 e. The minimum atomic E-state index is -0.362. The predicted octanol–water partition coefficient (Wildman–Crippen LogP) is 2.13. The number of benzene rings is 1. The van der Waals surface area contributed by atoms with Crippen LogP contribution in [-0.2, 0) is 16.0 Å². The molecule has 2 amide bonds.